The molecule has 43 heavy (non-hydrogen) atoms. The Hall–Kier alpha value is -3.66. The van der Waals surface area contributed by atoms with Crippen molar-refractivity contribution >= 4 is 16.8 Å². The van der Waals surface area contributed by atoms with Gasteiger partial charge in [-0.3, -0.25) is 9.69 Å². The number of rotatable bonds is 6. The molecule has 5 rings (SSSR count). The van der Waals surface area contributed by atoms with E-state index >= 15 is 0 Å². The Morgan fingerprint density at radius 2 is 1.72 bits per heavy atom. The number of hydrogen-bond acceptors (Lipinski definition) is 4. The van der Waals surface area contributed by atoms with Crippen molar-refractivity contribution in [3.05, 3.63) is 95.2 Å². The maximum atomic E-state index is 14.5. The van der Waals surface area contributed by atoms with Gasteiger partial charge in [0, 0.05) is 49.1 Å². The minimum absolute atomic E-state index is 0.0893. The van der Waals surface area contributed by atoms with Crippen LogP contribution in [0.5, 0.6) is 0 Å². The van der Waals surface area contributed by atoms with Crippen LogP contribution in [-0.2, 0) is 31.1 Å². The molecule has 0 saturated carbocycles. The molecule has 0 radical (unpaired) electrons. The summed E-state index contributed by atoms with van der Waals surface area (Å²) in [6, 6.07) is 20.9. The summed E-state index contributed by atoms with van der Waals surface area (Å²) in [6.07, 6.45) is -4.85. The van der Waals surface area contributed by atoms with Gasteiger partial charge < -0.3 is 19.3 Å². The highest BCUT2D eigenvalue weighted by Gasteiger charge is 2.35. The lowest BCUT2D eigenvalue weighted by Crippen LogP contribution is -2.47. The van der Waals surface area contributed by atoms with Gasteiger partial charge in [-0.1, -0.05) is 67.6 Å². The number of amides is 1. The summed E-state index contributed by atoms with van der Waals surface area (Å²) < 4.78 is 49.5. The molecule has 0 saturated heterocycles. The van der Waals surface area contributed by atoms with Gasteiger partial charge in [0.25, 0.3) is 5.91 Å². The van der Waals surface area contributed by atoms with Crippen LogP contribution in [0.2, 0.25) is 0 Å². The predicted octanol–water partition coefficient (Wildman–Crippen LogP) is 6.35. The smallest absolute Gasteiger partial charge is 0.394 e. The van der Waals surface area contributed by atoms with Crippen LogP contribution in [0.1, 0.15) is 41.0 Å². The highest BCUT2D eigenvalue weighted by molar-refractivity contribution is 6.10. The highest BCUT2D eigenvalue weighted by Crippen LogP contribution is 2.38. The van der Waals surface area contributed by atoms with Crippen LogP contribution in [0.15, 0.2) is 72.8 Å². The number of aliphatic hydroxyl groups is 1. The molecule has 6 nitrogen and oxygen atoms in total. The monoisotopic (exact) mass is 593 g/mol. The van der Waals surface area contributed by atoms with Gasteiger partial charge in [0.2, 0.25) is 0 Å². The van der Waals surface area contributed by atoms with Crippen LogP contribution in [0.25, 0.3) is 22.0 Å². The lowest BCUT2D eigenvalue weighted by atomic mass is 9.96. The number of alkyl halides is 3. The Morgan fingerprint density at radius 3 is 2.47 bits per heavy atom. The Balaban J connectivity index is 1.55. The van der Waals surface area contributed by atoms with Crippen LogP contribution >= 0.6 is 0 Å². The van der Waals surface area contributed by atoms with E-state index in [0.717, 1.165) is 33.7 Å². The molecule has 1 aromatic heterocycles. The van der Waals surface area contributed by atoms with E-state index in [4.69, 9.17) is 4.74 Å². The van der Waals surface area contributed by atoms with Crippen molar-refractivity contribution < 1.29 is 27.8 Å². The number of para-hydroxylation sites is 1. The number of carbonyl (C=O) groups is 1. The van der Waals surface area contributed by atoms with Crippen molar-refractivity contribution in [3.63, 3.8) is 0 Å². The molecule has 228 valence electrons. The van der Waals surface area contributed by atoms with Crippen molar-refractivity contribution in [1.82, 2.24) is 14.4 Å². The van der Waals surface area contributed by atoms with Crippen molar-refractivity contribution in [2.24, 2.45) is 13.0 Å². The summed E-state index contributed by atoms with van der Waals surface area (Å²) in [4.78, 5) is 18.0. The number of ether oxygens (including phenoxy) is 1. The summed E-state index contributed by atoms with van der Waals surface area (Å²) >= 11 is 0. The van der Waals surface area contributed by atoms with E-state index in [1.54, 1.807) is 18.0 Å². The van der Waals surface area contributed by atoms with E-state index in [1.165, 1.54) is 12.1 Å². The molecule has 0 unspecified atom stereocenters. The molecule has 0 spiro atoms. The first kappa shape index (κ1) is 30.8. The van der Waals surface area contributed by atoms with Gasteiger partial charge in [-0.05, 0) is 42.8 Å². The Morgan fingerprint density at radius 1 is 1.05 bits per heavy atom. The number of aromatic nitrogens is 1. The van der Waals surface area contributed by atoms with E-state index in [2.05, 4.69) is 0 Å². The fraction of sp³-hybridized carbons (Fsp3) is 0.382. The minimum atomic E-state index is -4.44. The topological polar surface area (TPSA) is 57.9 Å². The van der Waals surface area contributed by atoms with Gasteiger partial charge in [0.15, 0.2) is 0 Å². The predicted molar refractivity (Wildman–Crippen MR) is 161 cm³/mol. The summed E-state index contributed by atoms with van der Waals surface area (Å²) in [5.41, 5.74) is 3.64. The number of benzene rings is 3. The summed E-state index contributed by atoms with van der Waals surface area (Å²) in [7, 11) is 3.67. The van der Waals surface area contributed by atoms with Gasteiger partial charge in [0.1, 0.15) is 5.69 Å². The third-order valence-corrected chi connectivity index (χ3v) is 8.48. The van der Waals surface area contributed by atoms with Crippen LogP contribution in [0, 0.1) is 5.92 Å². The number of hydrogen-bond donors (Lipinski definition) is 1. The number of aliphatic hydroxyl groups excluding tert-OH is 1. The maximum absolute atomic E-state index is 14.5. The average Bonchev–Trinajstić information content (AvgIpc) is 3.28. The van der Waals surface area contributed by atoms with Crippen molar-refractivity contribution in [2.45, 2.75) is 45.3 Å². The molecule has 3 aromatic carbocycles. The first-order valence-electron chi connectivity index (χ1n) is 14.5. The molecule has 1 amide bonds. The number of nitrogens with zero attached hydrogens (tertiary/aromatic N) is 3. The number of likely N-dealkylation sites (N-methyl/N-ethyl adjacent to an activating group) is 1. The fourth-order valence-corrected chi connectivity index (χ4v) is 6.12. The van der Waals surface area contributed by atoms with Gasteiger partial charge in [-0.25, -0.2) is 0 Å². The van der Waals surface area contributed by atoms with Crippen molar-refractivity contribution in [1.29, 1.82) is 0 Å². The van der Waals surface area contributed by atoms with Crippen LogP contribution in [0.3, 0.4) is 0 Å². The second kappa shape index (κ2) is 12.5. The lowest BCUT2D eigenvalue weighted by Gasteiger charge is -2.35. The average molecular weight is 594 g/mol. The molecule has 0 fully saturated rings. The number of halogens is 3. The number of aryl methyl sites for hydroxylation is 1. The second-order valence-electron chi connectivity index (χ2n) is 11.6. The second-order valence-corrected chi connectivity index (χ2v) is 11.6. The number of fused-ring (bicyclic) bond motifs is 5. The molecular weight excluding hydrogens is 555 g/mol. The summed E-state index contributed by atoms with van der Waals surface area (Å²) in [5, 5.41) is 11.1. The molecule has 2 heterocycles. The van der Waals surface area contributed by atoms with E-state index in [0.29, 0.717) is 18.8 Å². The zero-order chi connectivity index (χ0) is 30.9. The quantitative estimate of drug-likeness (QED) is 0.283. The fourth-order valence-electron chi connectivity index (χ4n) is 6.12. The molecule has 0 aliphatic carbocycles. The van der Waals surface area contributed by atoms with Gasteiger partial charge in [-0.2, -0.15) is 13.2 Å². The van der Waals surface area contributed by atoms with Crippen LogP contribution < -0.4 is 0 Å². The van der Waals surface area contributed by atoms with Crippen molar-refractivity contribution in [2.75, 3.05) is 26.7 Å². The standard InChI is InChI=1S/C34H38F3N3O3/c1-22-17-40(23(2)20-41)33(42)32-31(27-14-8-10-16-29(27)39(32)4)26-13-7-5-12-25(26)21-43-30(22)19-38(3)18-24-11-6-9-15-28(24)34(35,36)37/h5-16,22-23,30,41H,17-21H2,1-4H3/t22-,23-,30+/m0/s1. The highest BCUT2D eigenvalue weighted by atomic mass is 19.4. The molecule has 1 aliphatic heterocycles. The molecule has 4 aromatic rings. The third kappa shape index (κ3) is 6.20. The van der Waals surface area contributed by atoms with E-state index in [-0.39, 0.29) is 37.1 Å². The molecule has 1 N–H and O–H groups in total. The Bertz CT molecular complexity index is 1600. The summed E-state index contributed by atoms with van der Waals surface area (Å²) in [5.74, 6) is -0.383. The van der Waals surface area contributed by atoms with Crippen molar-refractivity contribution in [3.8, 4) is 11.1 Å². The zero-order valence-electron chi connectivity index (χ0n) is 24.9. The third-order valence-electron chi connectivity index (χ3n) is 8.48. The van der Waals surface area contributed by atoms with Crippen LogP contribution in [-0.4, -0.2) is 64.3 Å². The summed E-state index contributed by atoms with van der Waals surface area (Å²) in [6.45, 7) is 4.59. The Labute approximate surface area is 250 Å². The molecule has 9 heteroatoms. The number of carbonyl (C=O) groups excluding carboxylic acids is 1. The molecule has 3 atom stereocenters. The Kier molecular flexibility index (Phi) is 8.96. The SMILES string of the molecule is C[C@H]1CN([C@@H](C)CO)C(=O)c2c(c3ccccc3n2C)-c2ccccc2CO[C@@H]1CN(C)Cc1ccccc1C(F)(F)F. The maximum Gasteiger partial charge on any atom is 0.416 e. The van der Waals surface area contributed by atoms with E-state index < -0.39 is 23.9 Å². The largest absolute Gasteiger partial charge is 0.416 e. The lowest BCUT2D eigenvalue weighted by molar-refractivity contribution is -0.138. The van der Waals surface area contributed by atoms with Gasteiger partial charge in [-0.15, -0.1) is 0 Å². The molecule has 1 aliphatic rings. The molecule has 0 bridgehead atoms. The van der Waals surface area contributed by atoms with Crippen LogP contribution in [0.4, 0.5) is 13.2 Å². The first-order valence-corrected chi connectivity index (χ1v) is 14.5. The minimum Gasteiger partial charge on any atom is -0.394 e. The molecular formula is C34H38F3N3O3. The zero-order valence-corrected chi connectivity index (χ0v) is 24.9. The van der Waals surface area contributed by atoms with Gasteiger partial charge in [0.05, 0.1) is 30.9 Å². The first-order chi connectivity index (χ1) is 20.5. The van der Waals surface area contributed by atoms with E-state index in [1.807, 2.05) is 78.9 Å². The van der Waals surface area contributed by atoms with E-state index in [9.17, 15) is 23.1 Å². The normalized spacial score (nSPS) is 18.8. The van der Waals surface area contributed by atoms with Gasteiger partial charge >= 0.3 is 6.18 Å².